The molecule has 3 rings (SSSR count). The number of rotatable bonds is 3. The minimum atomic E-state index is -0.0928. The molecule has 1 aromatic carbocycles. The second kappa shape index (κ2) is 7.95. The van der Waals surface area contributed by atoms with Crippen molar-refractivity contribution in [1.82, 2.24) is 14.9 Å². The van der Waals surface area contributed by atoms with Gasteiger partial charge in [0.05, 0.1) is 34.9 Å². The minimum absolute atomic E-state index is 0.0174. The number of likely N-dealkylation sites (tertiary alicyclic amines) is 1. The Balaban J connectivity index is 1.62. The molecule has 138 valence electrons. The number of nitrogens with one attached hydrogen (secondary N) is 1. The number of esters is 1. The Bertz CT molecular complexity index is 832. The lowest BCUT2D eigenvalue weighted by molar-refractivity contribution is -0.149. The average molecular weight is 372 g/mol. The van der Waals surface area contributed by atoms with Crippen LogP contribution in [0.1, 0.15) is 31.2 Å². The number of fused-ring (bicyclic) bond motifs is 1. The third-order valence-electron chi connectivity index (χ3n) is 4.73. The monoisotopic (exact) mass is 372 g/mol. The molecule has 0 spiro atoms. The molecule has 0 atom stereocenters. The summed E-state index contributed by atoms with van der Waals surface area (Å²) in [4.78, 5) is 23.1. The fourth-order valence-electron chi connectivity index (χ4n) is 3.09. The number of benzene rings is 1. The Morgan fingerprint density at radius 1 is 1.23 bits per heavy atom. The number of carbonyl (C=O) groups excluding carboxylic acids is 1. The molecule has 0 saturated carbocycles. The van der Waals surface area contributed by atoms with Gasteiger partial charge in [-0.1, -0.05) is 0 Å². The summed E-state index contributed by atoms with van der Waals surface area (Å²) in [6.45, 7) is 7.69. The highest BCUT2D eigenvalue weighted by Gasteiger charge is 2.27. The molecule has 6 nitrogen and oxygen atoms in total. The Hall–Kier alpha value is -2.28. The topological polar surface area (TPSA) is 67.3 Å². The van der Waals surface area contributed by atoms with Crippen LogP contribution in [0, 0.1) is 19.8 Å². The van der Waals surface area contributed by atoms with E-state index in [0.717, 1.165) is 54.0 Å². The van der Waals surface area contributed by atoms with Gasteiger partial charge in [0, 0.05) is 18.8 Å². The van der Waals surface area contributed by atoms with Crippen LogP contribution in [-0.4, -0.2) is 45.6 Å². The third kappa shape index (κ3) is 4.09. The van der Waals surface area contributed by atoms with Gasteiger partial charge in [-0.2, -0.15) is 0 Å². The summed E-state index contributed by atoms with van der Waals surface area (Å²) < 4.78 is 5.11. The van der Waals surface area contributed by atoms with E-state index in [-0.39, 0.29) is 11.9 Å². The number of piperidine rings is 1. The molecule has 0 radical (unpaired) electrons. The molecule has 1 N–H and O–H groups in total. The lowest BCUT2D eigenvalue weighted by atomic mass is 9.97. The summed E-state index contributed by atoms with van der Waals surface area (Å²) in [5.41, 5.74) is 4.49. The third-order valence-corrected chi connectivity index (χ3v) is 5.09. The molecule has 7 heteroatoms. The quantitative estimate of drug-likeness (QED) is 0.655. The summed E-state index contributed by atoms with van der Waals surface area (Å²) in [5.74, 6) is -0.110. The number of ether oxygens (including phenoxy) is 1. The van der Waals surface area contributed by atoms with E-state index in [9.17, 15) is 4.79 Å². The van der Waals surface area contributed by atoms with Crippen LogP contribution in [0.25, 0.3) is 11.0 Å². The van der Waals surface area contributed by atoms with E-state index >= 15 is 0 Å². The summed E-state index contributed by atoms with van der Waals surface area (Å²) in [6, 6.07) is 5.88. The molecule has 1 aliphatic heterocycles. The number of anilines is 1. The van der Waals surface area contributed by atoms with Crippen LogP contribution < -0.4 is 5.32 Å². The smallest absolute Gasteiger partial charge is 0.309 e. The number of nitrogens with zero attached hydrogens (tertiary/aromatic N) is 3. The van der Waals surface area contributed by atoms with Crippen LogP contribution in [0.2, 0.25) is 0 Å². The summed E-state index contributed by atoms with van der Waals surface area (Å²) >= 11 is 5.54. The van der Waals surface area contributed by atoms with Crippen molar-refractivity contribution in [2.45, 2.75) is 33.6 Å². The number of thiocarbonyl (C=S) groups is 1. The molecule has 2 aromatic rings. The summed E-state index contributed by atoms with van der Waals surface area (Å²) in [7, 11) is 0. The molecule has 2 heterocycles. The number of aromatic nitrogens is 2. The van der Waals surface area contributed by atoms with E-state index < -0.39 is 0 Å². The van der Waals surface area contributed by atoms with Gasteiger partial charge in [-0.25, -0.2) is 9.97 Å². The van der Waals surface area contributed by atoms with E-state index in [4.69, 9.17) is 17.0 Å². The van der Waals surface area contributed by atoms with Crippen molar-refractivity contribution in [1.29, 1.82) is 0 Å². The van der Waals surface area contributed by atoms with Crippen LogP contribution in [-0.2, 0) is 9.53 Å². The highest BCUT2D eigenvalue weighted by molar-refractivity contribution is 7.80. The predicted octanol–water partition coefficient (Wildman–Crippen LogP) is 3.22. The first-order chi connectivity index (χ1) is 12.5. The van der Waals surface area contributed by atoms with E-state index in [1.165, 1.54) is 0 Å². The van der Waals surface area contributed by atoms with E-state index in [1.807, 2.05) is 39.0 Å². The first-order valence-electron chi connectivity index (χ1n) is 8.95. The number of hydrogen-bond acceptors (Lipinski definition) is 5. The maximum atomic E-state index is 11.8. The van der Waals surface area contributed by atoms with Crippen molar-refractivity contribution in [2.75, 3.05) is 25.0 Å². The van der Waals surface area contributed by atoms with Crippen LogP contribution in [0.5, 0.6) is 0 Å². The van der Waals surface area contributed by atoms with Crippen molar-refractivity contribution in [3.8, 4) is 0 Å². The summed E-state index contributed by atoms with van der Waals surface area (Å²) in [6.07, 6.45) is 1.53. The van der Waals surface area contributed by atoms with Gasteiger partial charge in [0.25, 0.3) is 0 Å². The fraction of sp³-hybridized carbons (Fsp3) is 0.474. The SMILES string of the molecule is CCOC(=O)C1CCN(C(=S)Nc2ccc3nc(C)c(C)nc3c2)CC1. The molecule has 1 saturated heterocycles. The Labute approximate surface area is 159 Å². The normalized spacial score (nSPS) is 15.1. The molecule has 1 fully saturated rings. The van der Waals surface area contributed by atoms with Crippen molar-refractivity contribution < 1.29 is 9.53 Å². The lowest BCUT2D eigenvalue weighted by Gasteiger charge is -2.32. The second-order valence-corrected chi connectivity index (χ2v) is 6.93. The van der Waals surface area contributed by atoms with Gasteiger partial charge < -0.3 is 15.0 Å². The standard InChI is InChI=1S/C19H24N4O2S/c1-4-25-18(24)14-7-9-23(10-8-14)19(26)22-15-5-6-16-17(11-15)21-13(3)12(2)20-16/h5-6,11,14H,4,7-10H2,1-3H3,(H,22,26). The van der Waals surface area contributed by atoms with Gasteiger partial charge in [-0.15, -0.1) is 0 Å². The Morgan fingerprint density at radius 3 is 2.54 bits per heavy atom. The number of hydrogen-bond donors (Lipinski definition) is 1. The highest BCUT2D eigenvalue weighted by atomic mass is 32.1. The van der Waals surface area contributed by atoms with E-state index in [2.05, 4.69) is 20.2 Å². The van der Waals surface area contributed by atoms with Gasteiger partial charge in [-0.05, 0) is 64.0 Å². The zero-order valence-electron chi connectivity index (χ0n) is 15.4. The van der Waals surface area contributed by atoms with Crippen LogP contribution in [0.15, 0.2) is 18.2 Å². The van der Waals surface area contributed by atoms with Crippen molar-refractivity contribution in [3.05, 3.63) is 29.6 Å². The fourth-order valence-corrected chi connectivity index (χ4v) is 3.39. The average Bonchev–Trinajstić information content (AvgIpc) is 2.63. The first kappa shape index (κ1) is 18.5. The molecule has 1 aliphatic rings. The van der Waals surface area contributed by atoms with Gasteiger partial charge >= 0.3 is 5.97 Å². The highest BCUT2D eigenvalue weighted by Crippen LogP contribution is 2.21. The lowest BCUT2D eigenvalue weighted by Crippen LogP contribution is -2.42. The molecule has 0 amide bonds. The predicted molar refractivity (Wildman–Crippen MR) is 106 cm³/mol. The molecule has 0 aliphatic carbocycles. The van der Waals surface area contributed by atoms with Gasteiger partial charge in [0.15, 0.2) is 5.11 Å². The van der Waals surface area contributed by atoms with E-state index in [0.29, 0.717) is 11.7 Å². The van der Waals surface area contributed by atoms with Crippen LogP contribution >= 0.6 is 12.2 Å². The Kier molecular flexibility index (Phi) is 5.66. The van der Waals surface area contributed by atoms with Crippen LogP contribution in [0.4, 0.5) is 5.69 Å². The van der Waals surface area contributed by atoms with Crippen molar-refractivity contribution >= 4 is 40.0 Å². The molecular weight excluding hydrogens is 348 g/mol. The zero-order valence-corrected chi connectivity index (χ0v) is 16.2. The minimum Gasteiger partial charge on any atom is -0.466 e. The molecule has 0 bridgehead atoms. The van der Waals surface area contributed by atoms with Crippen molar-refractivity contribution in [2.24, 2.45) is 5.92 Å². The van der Waals surface area contributed by atoms with Gasteiger partial charge in [-0.3, -0.25) is 4.79 Å². The largest absolute Gasteiger partial charge is 0.466 e. The first-order valence-corrected chi connectivity index (χ1v) is 9.36. The van der Waals surface area contributed by atoms with Crippen LogP contribution in [0.3, 0.4) is 0 Å². The van der Waals surface area contributed by atoms with Crippen molar-refractivity contribution in [3.63, 3.8) is 0 Å². The number of aryl methyl sites for hydroxylation is 2. The van der Waals surface area contributed by atoms with Gasteiger partial charge in [0.2, 0.25) is 0 Å². The molecule has 0 unspecified atom stereocenters. The maximum absolute atomic E-state index is 11.8. The maximum Gasteiger partial charge on any atom is 0.309 e. The molecule has 1 aromatic heterocycles. The van der Waals surface area contributed by atoms with Gasteiger partial charge in [0.1, 0.15) is 0 Å². The molecule has 26 heavy (non-hydrogen) atoms. The second-order valence-electron chi connectivity index (χ2n) is 6.54. The number of carbonyl (C=O) groups is 1. The Morgan fingerprint density at radius 2 is 1.88 bits per heavy atom. The molecular formula is C19H24N4O2S. The zero-order chi connectivity index (χ0) is 18.7. The van der Waals surface area contributed by atoms with E-state index in [1.54, 1.807) is 0 Å². The summed E-state index contributed by atoms with van der Waals surface area (Å²) in [5, 5.41) is 3.95.